The fourth-order valence-electron chi connectivity index (χ4n) is 2.07. The Balaban J connectivity index is 2.18. The molecule has 1 aromatic rings. The largest absolute Gasteiger partial charge is 0.481 e. The van der Waals surface area contributed by atoms with Crippen LogP contribution in [0.1, 0.15) is 35.7 Å². The van der Waals surface area contributed by atoms with E-state index >= 15 is 0 Å². The van der Waals surface area contributed by atoms with E-state index in [4.69, 9.17) is 5.11 Å². The maximum absolute atomic E-state index is 11.8. The average Bonchev–Trinajstić information content (AvgIpc) is 2.38. The second kappa shape index (κ2) is 5.22. The average molecular weight is 261 g/mol. The zero-order valence-corrected chi connectivity index (χ0v) is 10.6. The number of aliphatic carboxylic acids is 1. The first-order valence-electron chi connectivity index (χ1n) is 6.19. The van der Waals surface area contributed by atoms with Crippen molar-refractivity contribution in [3.05, 3.63) is 29.3 Å². The van der Waals surface area contributed by atoms with E-state index in [2.05, 4.69) is 5.32 Å². The van der Waals surface area contributed by atoms with Crippen LogP contribution in [0, 0.1) is 5.92 Å². The van der Waals surface area contributed by atoms with Gasteiger partial charge in [0.1, 0.15) is 5.92 Å². The highest BCUT2D eigenvalue weighted by Crippen LogP contribution is 2.24. The summed E-state index contributed by atoms with van der Waals surface area (Å²) in [5, 5.41) is 11.3. The molecule has 5 nitrogen and oxygen atoms in total. The van der Waals surface area contributed by atoms with Crippen molar-refractivity contribution >= 4 is 23.3 Å². The molecule has 1 aliphatic rings. The standard InChI is InChI=1S/C14H15NO4/c1-8(14(18)19)13(17)15-10-6-5-9-3-2-4-12(16)11(9)7-10/h5-8H,2-4H2,1H3,(H,15,17)(H,18,19). The van der Waals surface area contributed by atoms with Crippen LogP contribution in [0.4, 0.5) is 5.69 Å². The number of hydrogen-bond acceptors (Lipinski definition) is 3. The van der Waals surface area contributed by atoms with E-state index < -0.39 is 17.8 Å². The molecule has 0 heterocycles. The molecule has 0 spiro atoms. The van der Waals surface area contributed by atoms with E-state index in [1.54, 1.807) is 12.1 Å². The molecule has 2 rings (SSSR count). The molecule has 0 saturated heterocycles. The molecule has 1 amide bonds. The number of carbonyl (C=O) groups is 3. The first-order chi connectivity index (χ1) is 8.99. The molecule has 0 bridgehead atoms. The molecule has 1 aliphatic carbocycles. The molecule has 0 fully saturated rings. The normalized spacial score (nSPS) is 15.5. The van der Waals surface area contributed by atoms with Crippen molar-refractivity contribution < 1.29 is 19.5 Å². The van der Waals surface area contributed by atoms with Crippen LogP contribution in [0.2, 0.25) is 0 Å². The first-order valence-corrected chi connectivity index (χ1v) is 6.19. The minimum absolute atomic E-state index is 0.0728. The number of amides is 1. The van der Waals surface area contributed by atoms with Gasteiger partial charge in [-0.3, -0.25) is 14.4 Å². The van der Waals surface area contributed by atoms with Crippen LogP contribution in [-0.2, 0) is 16.0 Å². The number of benzene rings is 1. The van der Waals surface area contributed by atoms with E-state index in [9.17, 15) is 14.4 Å². The zero-order chi connectivity index (χ0) is 14.0. The van der Waals surface area contributed by atoms with Crippen molar-refractivity contribution in [3.63, 3.8) is 0 Å². The van der Waals surface area contributed by atoms with Crippen molar-refractivity contribution in [1.29, 1.82) is 0 Å². The van der Waals surface area contributed by atoms with Gasteiger partial charge in [-0.25, -0.2) is 0 Å². The van der Waals surface area contributed by atoms with Gasteiger partial charge in [0, 0.05) is 17.7 Å². The van der Waals surface area contributed by atoms with Crippen molar-refractivity contribution in [2.24, 2.45) is 5.92 Å². The van der Waals surface area contributed by atoms with E-state index in [1.165, 1.54) is 6.92 Å². The molecule has 2 N–H and O–H groups in total. The number of carboxylic acid groups (broad SMARTS) is 1. The van der Waals surface area contributed by atoms with Gasteiger partial charge in [0.15, 0.2) is 5.78 Å². The van der Waals surface area contributed by atoms with E-state index in [1.807, 2.05) is 6.07 Å². The lowest BCUT2D eigenvalue weighted by Gasteiger charge is -2.16. The molecular formula is C14H15NO4. The number of nitrogens with one attached hydrogen (secondary N) is 1. The Bertz CT molecular complexity index is 550. The number of ketones is 1. The predicted molar refractivity (Wildman–Crippen MR) is 69.1 cm³/mol. The third-order valence-corrected chi connectivity index (χ3v) is 3.29. The fraction of sp³-hybridized carbons (Fsp3) is 0.357. The number of Topliss-reactive ketones (excluding diaryl/α,β-unsaturated/α-hetero) is 1. The maximum Gasteiger partial charge on any atom is 0.315 e. The molecule has 5 heteroatoms. The molecule has 1 aromatic carbocycles. The number of rotatable bonds is 3. The SMILES string of the molecule is CC(C(=O)O)C(=O)Nc1ccc2c(c1)C(=O)CCC2. The van der Waals surface area contributed by atoms with E-state index in [0.29, 0.717) is 17.7 Å². The topological polar surface area (TPSA) is 83.5 Å². The van der Waals surface area contributed by atoms with Crippen LogP contribution in [-0.4, -0.2) is 22.8 Å². The highest BCUT2D eigenvalue weighted by Gasteiger charge is 2.22. The summed E-state index contributed by atoms with van der Waals surface area (Å²) in [6.45, 7) is 1.32. The molecule has 1 unspecified atom stereocenters. The number of carbonyl (C=O) groups excluding carboxylic acids is 2. The summed E-state index contributed by atoms with van der Waals surface area (Å²) in [5.74, 6) is -2.81. The van der Waals surface area contributed by atoms with Gasteiger partial charge in [-0.1, -0.05) is 6.07 Å². The maximum atomic E-state index is 11.8. The van der Waals surface area contributed by atoms with Crippen LogP contribution in [0.25, 0.3) is 0 Å². The Hall–Kier alpha value is -2.17. The van der Waals surface area contributed by atoms with Crippen LogP contribution in [0.5, 0.6) is 0 Å². The lowest BCUT2D eigenvalue weighted by Crippen LogP contribution is -2.27. The lowest BCUT2D eigenvalue weighted by atomic mass is 9.90. The second-order valence-corrected chi connectivity index (χ2v) is 4.70. The number of hydrogen-bond donors (Lipinski definition) is 2. The minimum atomic E-state index is -1.17. The van der Waals surface area contributed by atoms with Gasteiger partial charge in [-0.2, -0.15) is 0 Å². The summed E-state index contributed by atoms with van der Waals surface area (Å²) in [6.07, 6.45) is 2.24. The summed E-state index contributed by atoms with van der Waals surface area (Å²) in [6, 6.07) is 5.14. The quantitative estimate of drug-likeness (QED) is 0.813. The van der Waals surface area contributed by atoms with E-state index in [-0.39, 0.29) is 5.78 Å². The predicted octanol–water partition coefficient (Wildman–Crippen LogP) is 1.86. The van der Waals surface area contributed by atoms with Gasteiger partial charge in [-0.05, 0) is 37.5 Å². The smallest absolute Gasteiger partial charge is 0.315 e. The minimum Gasteiger partial charge on any atom is -0.481 e. The van der Waals surface area contributed by atoms with Gasteiger partial charge in [0.2, 0.25) is 5.91 Å². The molecule has 0 aromatic heterocycles. The highest BCUT2D eigenvalue weighted by atomic mass is 16.4. The summed E-state index contributed by atoms with van der Waals surface area (Å²) in [5.41, 5.74) is 2.08. The van der Waals surface area contributed by atoms with Gasteiger partial charge >= 0.3 is 5.97 Å². The zero-order valence-electron chi connectivity index (χ0n) is 10.6. The molecule has 19 heavy (non-hydrogen) atoms. The molecule has 0 aliphatic heterocycles. The first kappa shape index (κ1) is 13.3. The fourth-order valence-corrected chi connectivity index (χ4v) is 2.07. The summed E-state index contributed by atoms with van der Waals surface area (Å²) < 4.78 is 0. The molecule has 0 saturated carbocycles. The van der Waals surface area contributed by atoms with Crippen molar-refractivity contribution in [1.82, 2.24) is 0 Å². The highest BCUT2D eigenvalue weighted by molar-refractivity contribution is 6.05. The molecular weight excluding hydrogens is 246 g/mol. The number of carboxylic acids is 1. The number of aryl methyl sites for hydroxylation is 1. The third kappa shape index (κ3) is 2.81. The second-order valence-electron chi connectivity index (χ2n) is 4.70. The summed E-state index contributed by atoms with van der Waals surface area (Å²) >= 11 is 0. The summed E-state index contributed by atoms with van der Waals surface area (Å²) in [7, 11) is 0. The molecule has 100 valence electrons. The van der Waals surface area contributed by atoms with Crippen molar-refractivity contribution in [2.45, 2.75) is 26.2 Å². The van der Waals surface area contributed by atoms with Gasteiger partial charge < -0.3 is 10.4 Å². The Morgan fingerprint density at radius 2 is 2.05 bits per heavy atom. The molecule has 0 radical (unpaired) electrons. The Kier molecular flexibility index (Phi) is 3.64. The number of anilines is 1. The summed E-state index contributed by atoms with van der Waals surface area (Å²) in [4.78, 5) is 34.1. The van der Waals surface area contributed by atoms with E-state index in [0.717, 1.165) is 18.4 Å². The number of fused-ring (bicyclic) bond motifs is 1. The lowest BCUT2D eigenvalue weighted by molar-refractivity contribution is -0.144. The van der Waals surface area contributed by atoms with Gasteiger partial charge in [-0.15, -0.1) is 0 Å². The van der Waals surface area contributed by atoms with Gasteiger partial charge in [0.25, 0.3) is 0 Å². The van der Waals surface area contributed by atoms with Crippen molar-refractivity contribution in [2.75, 3.05) is 5.32 Å². The van der Waals surface area contributed by atoms with Crippen LogP contribution in [0.15, 0.2) is 18.2 Å². The Labute approximate surface area is 110 Å². The van der Waals surface area contributed by atoms with Crippen molar-refractivity contribution in [3.8, 4) is 0 Å². The monoisotopic (exact) mass is 261 g/mol. The van der Waals surface area contributed by atoms with Crippen LogP contribution < -0.4 is 5.32 Å². The Morgan fingerprint density at radius 3 is 2.74 bits per heavy atom. The Morgan fingerprint density at radius 1 is 1.32 bits per heavy atom. The third-order valence-electron chi connectivity index (χ3n) is 3.29. The van der Waals surface area contributed by atoms with Gasteiger partial charge in [0.05, 0.1) is 0 Å². The van der Waals surface area contributed by atoms with Crippen LogP contribution in [0.3, 0.4) is 0 Å². The van der Waals surface area contributed by atoms with Crippen LogP contribution >= 0.6 is 0 Å². The molecule has 1 atom stereocenters.